The summed E-state index contributed by atoms with van der Waals surface area (Å²) in [5.41, 5.74) is 0.876. The molecule has 0 bridgehead atoms. The Morgan fingerprint density at radius 1 is 1.24 bits per heavy atom. The lowest BCUT2D eigenvalue weighted by atomic mass is 9.96. The number of amides is 2. The second kappa shape index (κ2) is 11.5. The van der Waals surface area contributed by atoms with E-state index in [1.54, 1.807) is 24.2 Å². The van der Waals surface area contributed by atoms with Crippen molar-refractivity contribution >= 4 is 17.9 Å². The first kappa shape index (κ1) is 22.8. The van der Waals surface area contributed by atoms with Crippen molar-refractivity contribution in [3.8, 4) is 11.5 Å². The fourth-order valence-corrected chi connectivity index (χ4v) is 3.19. The van der Waals surface area contributed by atoms with Gasteiger partial charge in [-0.05, 0) is 49.0 Å². The van der Waals surface area contributed by atoms with Gasteiger partial charge in [-0.25, -0.2) is 0 Å². The number of benzene rings is 1. The Morgan fingerprint density at radius 3 is 2.59 bits per heavy atom. The zero-order chi connectivity index (χ0) is 21.2. The molecule has 1 aliphatic rings. The van der Waals surface area contributed by atoms with Crippen LogP contribution >= 0.6 is 0 Å². The fourth-order valence-electron chi connectivity index (χ4n) is 3.19. The van der Waals surface area contributed by atoms with E-state index in [4.69, 9.17) is 9.47 Å². The summed E-state index contributed by atoms with van der Waals surface area (Å²) < 4.78 is 11.2. The highest BCUT2D eigenvalue weighted by Gasteiger charge is 2.26. The molecule has 1 saturated heterocycles. The van der Waals surface area contributed by atoms with Crippen molar-refractivity contribution < 1.29 is 19.1 Å². The first-order chi connectivity index (χ1) is 13.9. The molecule has 0 aromatic heterocycles. The number of piperidine rings is 1. The van der Waals surface area contributed by atoms with Crippen LogP contribution in [0.15, 0.2) is 24.3 Å². The summed E-state index contributed by atoms with van der Waals surface area (Å²) in [5, 5.41) is 2.94. The van der Waals surface area contributed by atoms with Gasteiger partial charge in [0.25, 0.3) is 0 Å². The Kier molecular flexibility index (Phi) is 9.03. The van der Waals surface area contributed by atoms with Crippen molar-refractivity contribution in [3.63, 3.8) is 0 Å². The zero-order valence-electron chi connectivity index (χ0n) is 18.1. The fraction of sp³-hybridized carbons (Fsp3) is 0.565. The third-order valence-electron chi connectivity index (χ3n) is 4.90. The number of ether oxygens (including phenoxy) is 2. The predicted molar refractivity (Wildman–Crippen MR) is 115 cm³/mol. The molecular formula is C23H34N2O4. The van der Waals surface area contributed by atoms with Gasteiger partial charge >= 0.3 is 0 Å². The van der Waals surface area contributed by atoms with Gasteiger partial charge < -0.3 is 19.7 Å². The average molecular weight is 403 g/mol. The van der Waals surface area contributed by atoms with Crippen LogP contribution in [0.4, 0.5) is 0 Å². The van der Waals surface area contributed by atoms with Crippen molar-refractivity contribution in [2.75, 3.05) is 33.4 Å². The molecule has 1 aromatic carbocycles. The smallest absolute Gasteiger partial charge is 0.246 e. The van der Waals surface area contributed by atoms with Gasteiger partial charge in [0.15, 0.2) is 11.5 Å². The first-order valence-corrected chi connectivity index (χ1v) is 10.5. The van der Waals surface area contributed by atoms with E-state index < -0.39 is 0 Å². The van der Waals surface area contributed by atoms with Crippen LogP contribution in [0.1, 0.15) is 45.6 Å². The van der Waals surface area contributed by atoms with Gasteiger partial charge in [0.05, 0.1) is 13.7 Å². The number of hydrogen-bond donors (Lipinski definition) is 1. The molecule has 0 radical (unpaired) electrons. The number of likely N-dealkylation sites (tertiary alicyclic amines) is 1. The molecule has 1 fully saturated rings. The van der Waals surface area contributed by atoms with Crippen molar-refractivity contribution in [2.45, 2.75) is 40.0 Å². The molecule has 29 heavy (non-hydrogen) atoms. The molecule has 1 heterocycles. The van der Waals surface area contributed by atoms with Crippen LogP contribution in [-0.2, 0) is 9.59 Å². The van der Waals surface area contributed by atoms with Crippen molar-refractivity contribution in [1.29, 1.82) is 0 Å². The van der Waals surface area contributed by atoms with Gasteiger partial charge in [-0.15, -0.1) is 0 Å². The normalized spacial score (nSPS) is 15.0. The van der Waals surface area contributed by atoms with E-state index in [1.807, 2.05) is 25.1 Å². The zero-order valence-corrected chi connectivity index (χ0v) is 18.1. The lowest BCUT2D eigenvalue weighted by molar-refractivity contribution is -0.132. The largest absolute Gasteiger partial charge is 0.493 e. The molecule has 1 aliphatic heterocycles. The summed E-state index contributed by atoms with van der Waals surface area (Å²) >= 11 is 0. The second-order valence-corrected chi connectivity index (χ2v) is 7.84. The highest BCUT2D eigenvalue weighted by molar-refractivity contribution is 5.92. The number of carbonyl (C=O) groups is 2. The van der Waals surface area contributed by atoms with Crippen molar-refractivity contribution in [2.24, 2.45) is 11.8 Å². The van der Waals surface area contributed by atoms with Crippen LogP contribution in [0.5, 0.6) is 11.5 Å². The van der Waals surface area contributed by atoms with Crippen LogP contribution in [0.3, 0.4) is 0 Å². The minimum absolute atomic E-state index is 0.0113. The number of hydrogen-bond acceptors (Lipinski definition) is 4. The highest BCUT2D eigenvalue weighted by Crippen LogP contribution is 2.29. The first-order valence-electron chi connectivity index (χ1n) is 10.5. The maximum atomic E-state index is 12.5. The minimum atomic E-state index is -0.0310. The minimum Gasteiger partial charge on any atom is -0.493 e. The quantitative estimate of drug-likeness (QED) is 0.642. The second-order valence-electron chi connectivity index (χ2n) is 7.84. The summed E-state index contributed by atoms with van der Waals surface area (Å²) in [7, 11) is 1.61. The molecular weight excluding hydrogens is 368 g/mol. The standard InChI is InChI=1S/C23H34N2O4/c1-5-12-24-23(27)19-10-13-25(14-11-19)22(26)9-7-18-6-8-20(21(15-18)28-4)29-16-17(2)3/h6-9,15,17,19H,5,10-14,16H2,1-4H3,(H,24,27)/b9-7+. The maximum Gasteiger partial charge on any atom is 0.246 e. The van der Waals surface area contributed by atoms with E-state index in [0.29, 0.717) is 56.5 Å². The van der Waals surface area contributed by atoms with Crippen LogP contribution in [0, 0.1) is 11.8 Å². The maximum absolute atomic E-state index is 12.5. The average Bonchev–Trinajstić information content (AvgIpc) is 2.74. The van der Waals surface area contributed by atoms with Gasteiger partial charge in [-0.2, -0.15) is 0 Å². The number of nitrogens with zero attached hydrogens (tertiary/aromatic N) is 1. The summed E-state index contributed by atoms with van der Waals surface area (Å²) in [5.74, 6) is 1.88. The molecule has 0 spiro atoms. The van der Waals surface area contributed by atoms with E-state index in [1.165, 1.54) is 0 Å². The van der Waals surface area contributed by atoms with Crippen LogP contribution in [0.25, 0.3) is 6.08 Å². The molecule has 0 atom stereocenters. The number of nitrogens with one attached hydrogen (secondary N) is 1. The van der Waals surface area contributed by atoms with E-state index in [0.717, 1.165) is 12.0 Å². The molecule has 2 rings (SSSR count). The lowest BCUT2D eigenvalue weighted by Crippen LogP contribution is -2.42. The Labute approximate surface area is 174 Å². The van der Waals surface area contributed by atoms with Gasteiger partial charge in [-0.1, -0.05) is 26.8 Å². The van der Waals surface area contributed by atoms with Crippen molar-refractivity contribution in [3.05, 3.63) is 29.8 Å². The Morgan fingerprint density at radius 2 is 1.97 bits per heavy atom. The van der Waals surface area contributed by atoms with E-state index in [-0.39, 0.29) is 17.7 Å². The number of carbonyl (C=O) groups excluding carboxylic acids is 2. The van der Waals surface area contributed by atoms with Gasteiger partial charge in [0, 0.05) is 31.6 Å². The van der Waals surface area contributed by atoms with Gasteiger partial charge in [-0.3, -0.25) is 9.59 Å². The van der Waals surface area contributed by atoms with Gasteiger partial charge in [0.1, 0.15) is 0 Å². The summed E-state index contributed by atoms with van der Waals surface area (Å²) in [6.07, 6.45) is 5.73. The SMILES string of the molecule is CCCNC(=O)C1CCN(C(=O)/C=C/c2ccc(OCC(C)C)c(OC)c2)CC1. The van der Waals surface area contributed by atoms with Crippen molar-refractivity contribution in [1.82, 2.24) is 10.2 Å². The molecule has 1 aromatic rings. The van der Waals surface area contributed by atoms with Crippen LogP contribution < -0.4 is 14.8 Å². The Balaban J connectivity index is 1.90. The monoisotopic (exact) mass is 402 g/mol. The Hall–Kier alpha value is -2.50. The third-order valence-corrected chi connectivity index (χ3v) is 4.90. The molecule has 6 nitrogen and oxygen atoms in total. The molecule has 2 amide bonds. The molecule has 0 aliphatic carbocycles. The predicted octanol–water partition coefficient (Wildman–Crippen LogP) is 3.51. The third kappa shape index (κ3) is 7.11. The molecule has 6 heteroatoms. The van der Waals surface area contributed by atoms with E-state index in [9.17, 15) is 9.59 Å². The topological polar surface area (TPSA) is 67.9 Å². The molecule has 1 N–H and O–H groups in total. The van der Waals surface area contributed by atoms with Gasteiger partial charge in [0.2, 0.25) is 11.8 Å². The molecule has 0 saturated carbocycles. The summed E-state index contributed by atoms with van der Waals surface area (Å²) in [4.78, 5) is 26.4. The molecule has 0 unspecified atom stereocenters. The lowest BCUT2D eigenvalue weighted by Gasteiger charge is -2.30. The summed E-state index contributed by atoms with van der Waals surface area (Å²) in [6.45, 7) is 8.78. The van der Waals surface area contributed by atoms with Crippen LogP contribution in [0.2, 0.25) is 0 Å². The van der Waals surface area contributed by atoms with E-state index >= 15 is 0 Å². The Bertz CT molecular complexity index is 707. The van der Waals surface area contributed by atoms with E-state index in [2.05, 4.69) is 19.2 Å². The highest BCUT2D eigenvalue weighted by atomic mass is 16.5. The summed E-state index contributed by atoms with van der Waals surface area (Å²) in [6, 6.07) is 5.64. The number of methoxy groups -OCH3 is 1. The number of rotatable bonds is 9. The molecule has 160 valence electrons. The van der Waals surface area contributed by atoms with Crippen LogP contribution in [-0.4, -0.2) is 50.1 Å².